The van der Waals surface area contributed by atoms with E-state index in [1.165, 1.54) is 0 Å². The van der Waals surface area contributed by atoms with E-state index in [1.54, 1.807) is 18.9 Å². The molecule has 1 atom stereocenters. The van der Waals surface area contributed by atoms with Gasteiger partial charge in [0.15, 0.2) is 11.5 Å². The van der Waals surface area contributed by atoms with Gasteiger partial charge in [0, 0.05) is 24.8 Å². The van der Waals surface area contributed by atoms with E-state index in [2.05, 4.69) is 15.9 Å². The van der Waals surface area contributed by atoms with Gasteiger partial charge in [0.25, 0.3) is 0 Å². The third kappa shape index (κ3) is 4.41. The fraction of sp³-hybridized carbons (Fsp3) is 0.529. The van der Waals surface area contributed by atoms with Crippen molar-refractivity contribution in [3.8, 4) is 11.5 Å². The Kier molecular flexibility index (Phi) is 6.48. The lowest BCUT2D eigenvalue weighted by molar-refractivity contribution is -0.145. The fourth-order valence-corrected chi connectivity index (χ4v) is 2.80. The number of ether oxygens (including phenoxy) is 2. The third-order valence-electron chi connectivity index (χ3n) is 4.00. The molecule has 0 saturated heterocycles. The molecule has 0 fully saturated rings. The molecule has 0 unspecified atom stereocenters. The molecule has 2 rings (SSSR count). The number of carboxylic acids is 1. The van der Waals surface area contributed by atoms with Gasteiger partial charge >= 0.3 is 5.97 Å². The van der Waals surface area contributed by atoms with Crippen LogP contribution in [0.4, 0.5) is 0 Å². The molecule has 1 heterocycles. The van der Waals surface area contributed by atoms with Crippen LogP contribution in [0.2, 0.25) is 0 Å². The summed E-state index contributed by atoms with van der Waals surface area (Å²) in [6, 6.07) is 3.81. The van der Waals surface area contributed by atoms with Gasteiger partial charge in [-0.05, 0) is 29.7 Å². The summed E-state index contributed by atoms with van der Waals surface area (Å²) in [6.45, 7) is 3.07. The van der Waals surface area contributed by atoms with E-state index in [-0.39, 0.29) is 12.3 Å². The van der Waals surface area contributed by atoms with Crippen LogP contribution >= 0.6 is 15.9 Å². The average Bonchev–Trinajstić information content (AvgIpc) is 2.97. The van der Waals surface area contributed by atoms with E-state index in [1.807, 2.05) is 12.1 Å². The number of hydrogen-bond donors (Lipinski definition) is 1. The second-order valence-electron chi connectivity index (χ2n) is 5.86. The van der Waals surface area contributed by atoms with Crippen molar-refractivity contribution in [2.75, 3.05) is 19.0 Å². The molecular weight excluding hydrogens is 378 g/mol. The Balaban J connectivity index is 2.08. The summed E-state index contributed by atoms with van der Waals surface area (Å²) in [5.41, 5.74) is 2.02. The second-order valence-corrected chi connectivity index (χ2v) is 6.65. The van der Waals surface area contributed by atoms with Crippen LogP contribution in [0, 0.1) is 5.92 Å². The molecule has 0 radical (unpaired) electrons. The number of alkyl halides is 1. The number of methoxy groups -OCH3 is 1. The van der Waals surface area contributed by atoms with Gasteiger partial charge in [-0.25, -0.2) is 0 Å². The highest BCUT2D eigenvalue weighted by molar-refractivity contribution is 9.09. The Morgan fingerprint density at radius 1 is 1.29 bits per heavy atom. The van der Waals surface area contributed by atoms with Crippen molar-refractivity contribution in [2.24, 2.45) is 5.92 Å². The first-order chi connectivity index (χ1) is 11.5. The predicted molar refractivity (Wildman–Crippen MR) is 92.6 cm³/mol. The number of halogens is 1. The Morgan fingerprint density at radius 2 is 1.92 bits per heavy atom. The zero-order valence-corrected chi connectivity index (χ0v) is 15.5. The zero-order chi connectivity index (χ0) is 17.7. The average molecular weight is 400 g/mol. The summed E-state index contributed by atoms with van der Waals surface area (Å²) in [6.07, 6.45) is 0.896. The van der Waals surface area contributed by atoms with Gasteiger partial charge in [0.2, 0.25) is 5.91 Å². The van der Waals surface area contributed by atoms with Crippen LogP contribution < -0.4 is 9.47 Å². The fourth-order valence-electron chi connectivity index (χ4n) is 2.57. The molecule has 0 aromatic heterocycles. The molecule has 0 saturated carbocycles. The predicted octanol–water partition coefficient (Wildman–Crippen LogP) is 2.81. The van der Waals surface area contributed by atoms with Gasteiger partial charge < -0.3 is 19.5 Å². The molecule has 6 nitrogen and oxygen atoms in total. The van der Waals surface area contributed by atoms with Gasteiger partial charge in [0.05, 0.1) is 19.6 Å². The van der Waals surface area contributed by atoms with E-state index >= 15 is 0 Å². The van der Waals surface area contributed by atoms with Crippen molar-refractivity contribution in [1.82, 2.24) is 4.90 Å². The lowest BCUT2D eigenvalue weighted by Crippen LogP contribution is -2.28. The minimum atomic E-state index is -0.954. The van der Waals surface area contributed by atoms with E-state index in [4.69, 9.17) is 14.6 Å². The Hall–Kier alpha value is -1.76. The van der Waals surface area contributed by atoms with Crippen LogP contribution in [0.5, 0.6) is 11.5 Å². The molecule has 1 N–H and O–H groups in total. The summed E-state index contributed by atoms with van der Waals surface area (Å²) in [4.78, 5) is 24.9. The van der Waals surface area contributed by atoms with Crippen LogP contribution in [0.25, 0.3) is 0 Å². The third-order valence-corrected chi connectivity index (χ3v) is 4.56. The zero-order valence-electron chi connectivity index (χ0n) is 13.9. The van der Waals surface area contributed by atoms with Crippen LogP contribution in [0.3, 0.4) is 0 Å². The minimum Gasteiger partial charge on any atom is -0.493 e. The standard InChI is InChI=1S/C17H22BrNO5/c1-11(17(21)22)6-16(20)19-9-12-7-14(23-2)15(8-13(12)10-19)24-5-3-4-18/h7-8,11H,3-6,9-10H2,1-2H3,(H,21,22)/t11-/m1/s1. The number of hydrogen-bond acceptors (Lipinski definition) is 4. The summed E-state index contributed by atoms with van der Waals surface area (Å²) in [5.74, 6) is -0.466. The van der Waals surface area contributed by atoms with Crippen molar-refractivity contribution >= 4 is 27.8 Å². The van der Waals surface area contributed by atoms with Crippen molar-refractivity contribution in [3.05, 3.63) is 23.3 Å². The highest BCUT2D eigenvalue weighted by Gasteiger charge is 2.27. The highest BCUT2D eigenvalue weighted by Crippen LogP contribution is 2.35. The molecular formula is C17H22BrNO5. The number of carboxylic acid groups (broad SMARTS) is 1. The van der Waals surface area contributed by atoms with Crippen molar-refractivity contribution < 1.29 is 24.2 Å². The smallest absolute Gasteiger partial charge is 0.306 e. The van der Waals surface area contributed by atoms with Crippen molar-refractivity contribution in [2.45, 2.75) is 32.9 Å². The molecule has 0 aliphatic carbocycles. The van der Waals surface area contributed by atoms with Crippen molar-refractivity contribution in [3.63, 3.8) is 0 Å². The minimum absolute atomic E-state index is 0.00899. The molecule has 1 aliphatic rings. The van der Waals surface area contributed by atoms with Gasteiger partial charge in [-0.2, -0.15) is 0 Å². The number of nitrogens with zero attached hydrogens (tertiary/aromatic N) is 1. The molecule has 1 amide bonds. The summed E-state index contributed by atoms with van der Waals surface area (Å²) in [7, 11) is 1.59. The number of carbonyl (C=O) groups is 2. The Labute approximate surface area is 149 Å². The molecule has 0 bridgehead atoms. The lowest BCUT2D eigenvalue weighted by Gasteiger charge is -2.16. The SMILES string of the molecule is COc1cc2c(cc1OCCCBr)CN(C(=O)C[C@@H](C)C(=O)O)C2. The van der Waals surface area contributed by atoms with E-state index in [0.717, 1.165) is 22.9 Å². The molecule has 1 aromatic rings. The van der Waals surface area contributed by atoms with Gasteiger partial charge in [0.1, 0.15) is 0 Å². The van der Waals surface area contributed by atoms with Gasteiger partial charge in [-0.1, -0.05) is 22.9 Å². The van der Waals surface area contributed by atoms with Crippen LogP contribution in [0.1, 0.15) is 30.9 Å². The number of carbonyl (C=O) groups excluding carboxylic acids is 1. The van der Waals surface area contributed by atoms with E-state index < -0.39 is 11.9 Å². The quantitative estimate of drug-likeness (QED) is 0.537. The maximum atomic E-state index is 12.3. The molecule has 132 valence electrons. The monoisotopic (exact) mass is 399 g/mol. The number of fused-ring (bicyclic) bond motifs is 1. The summed E-state index contributed by atoms with van der Waals surface area (Å²) < 4.78 is 11.1. The molecule has 0 spiro atoms. The maximum Gasteiger partial charge on any atom is 0.306 e. The second kappa shape index (κ2) is 8.37. The van der Waals surface area contributed by atoms with Crippen molar-refractivity contribution in [1.29, 1.82) is 0 Å². The number of rotatable bonds is 8. The molecule has 1 aromatic carbocycles. The first kappa shape index (κ1) is 18.6. The summed E-state index contributed by atoms with van der Waals surface area (Å²) in [5, 5.41) is 9.81. The molecule has 7 heteroatoms. The first-order valence-corrected chi connectivity index (χ1v) is 8.97. The van der Waals surface area contributed by atoms with Gasteiger partial charge in [-0.15, -0.1) is 0 Å². The largest absolute Gasteiger partial charge is 0.493 e. The number of benzene rings is 1. The summed E-state index contributed by atoms with van der Waals surface area (Å²) >= 11 is 3.36. The topological polar surface area (TPSA) is 76.1 Å². The van der Waals surface area contributed by atoms with E-state index in [9.17, 15) is 9.59 Å². The Morgan fingerprint density at radius 3 is 2.46 bits per heavy atom. The maximum absolute atomic E-state index is 12.3. The van der Waals surface area contributed by atoms with Gasteiger partial charge in [-0.3, -0.25) is 9.59 Å². The first-order valence-electron chi connectivity index (χ1n) is 7.85. The highest BCUT2D eigenvalue weighted by atomic mass is 79.9. The van der Waals surface area contributed by atoms with Crippen LogP contribution in [0.15, 0.2) is 12.1 Å². The molecule has 1 aliphatic heterocycles. The van der Waals surface area contributed by atoms with Crippen LogP contribution in [-0.4, -0.2) is 40.9 Å². The Bertz CT molecular complexity index is 619. The lowest BCUT2D eigenvalue weighted by atomic mass is 10.1. The van der Waals surface area contributed by atoms with Crippen LogP contribution in [-0.2, 0) is 22.7 Å². The van der Waals surface area contributed by atoms with E-state index in [0.29, 0.717) is 31.2 Å². The number of amides is 1. The number of aliphatic carboxylic acids is 1. The molecule has 24 heavy (non-hydrogen) atoms. The normalized spacial score (nSPS) is 14.2.